The van der Waals surface area contributed by atoms with Gasteiger partial charge in [0.05, 0.1) is 6.07 Å². The molecule has 0 amide bonds. The first-order chi connectivity index (χ1) is 7.81. The van der Waals surface area contributed by atoms with Crippen LogP contribution < -0.4 is 0 Å². The van der Waals surface area contributed by atoms with Crippen LogP contribution in [0.2, 0.25) is 0 Å². The van der Waals surface area contributed by atoms with Crippen LogP contribution in [0.15, 0.2) is 42.7 Å². The molecule has 3 heteroatoms. The van der Waals surface area contributed by atoms with E-state index in [4.69, 9.17) is 5.26 Å². The van der Waals surface area contributed by atoms with E-state index in [0.29, 0.717) is 0 Å². The molecule has 0 aliphatic rings. The zero-order chi connectivity index (χ0) is 11.4. The lowest BCUT2D eigenvalue weighted by Gasteiger charge is -2.08. The molecule has 16 heavy (non-hydrogen) atoms. The van der Waals surface area contributed by atoms with Crippen LogP contribution in [0.3, 0.4) is 0 Å². The fraction of sp³-hybridized carbons (Fsp3) is 0.231. The van der Waals surface area contributed by atoms with E-state index in [0.717, 1.165) is 12.4 Å². The predicted octanol–water partition coefficient (Wildman–Crippen LogP) is 2.56. The summed E-state index contributed by atoms with van der Waals surface area (Å²) in [6, 6.07) is 12.4. The van der Waals surface area contributed by atoms with Crippen molar-refractivity contribution in [2.75, 3.05) is 0 Å². The molecule has 1 aromatic carbocycles. The van der Waals surface area contributed by atoms with Gasteiger partial charge in [0.2, 0.25) is 0 Å². The summed E-state index contributed by atoms with van der Waals surface area (Å²) in [4.78, 5) is 4.22. The van der Waals surface area contributed by atoms with Crippen LogP contribution in [-0.4, -0.2) is 9.55 Å². The van der Waals surface area contributed by atoms with Crippen LogP contribution in [0.5, 0.6) is 0 Å². The zero-order valence-corrected chi connectivity index (χ0v) is 9.17. The highest BCUT2D eigenvalue weighted by Gasteiger charge is 2.10. The zero-order valence-electron chi connectivity index (χ0n) is 9.17. The first-order valence-electron chi connectivity index (χ1n) is 5.26. The van der Waals surface area contributed by atoms with Crippen LogP contribution in [-0.2, 0) is 6.54 Å². The Kier molecular flexibility index (Phi) is 3.02. The van der Waals surface area contributed by atoms with Crippen LogP contribution in [0, 0.1) is 11.3 Å². The van der Waals surface area contributed by atoms with Crippen molar-refractivity contribution < 1.29 is 0 Å². The average molecular weight is 211 g/mol. The lowest BCUT2D eigenvalue weighted by Crippen LogP contribution is -2.06. The maximum Gasteiger partial charge on any atom is 0.126 e. The molecular weight excluding hydrogens is 198 g/mol. The molecule has 0 saturated carbocycles. The third-order valence-electron chi connectivity index (χ3n) is 2.52. The molecule has 1 aromatic heterocycles. The van der Waals surface area contributed by atoms with Crippen LogP contribution in [0.1, 0.15) is 24.2 Å². The Balaban J connectivity index is 2.23. The molecule has 0 aliphatic heterocycles. The van der Waals surface area contributed by atoms with E-state index in [1.165, 1.54) is 5.56 Å². The summed E-state index contributed by atoms with van der Waals surface area (Å²) in [5.41, 5.74) is 1.21. The van der Waals surface area contributed by atoms with Gasteiger partial charge in [-0.1, -0.05) is 30.3 Å². The molecule has 0 aliphatic carbocycles. The standard InChI is InChI=1S/C13H13N3/c1-11(9-14)13-15-7-8-16(13)10-12-5-3-2-4-6-12/h2-8,11H,10H2,1H3. The quantitative estimate of drug-likeness (QED) is 0.783. The molecule has 1 heterocycles. The van der Waals surface area contributed by atoms with Gasteiger partial charge in [-0.15, -0.1) is 0 Å². The maximum absolute atomic E-state index is 8.89. The first-order valence-corrected chi connectivity index (χ1v) is 5.26. The van der Waals surface area contributed by atoms with Crippen LogP contribution >= 0.6 is 0 Å². The highest BCUT2D eigenvalue weighted by Crippen LogP contribution is 2.13. The molecule has 2 aromatic rings. The second kappa shape index (κ2) is 4.63. The van der Waals surface area contributed by atoms with Gasteiger partial charge in [-0.3, -0.25) is 0 Å². The van der Waals surface area contributed by atoms with Gasteiger partial charge in [0.15, 0.2) is 0 Å². The Labute approximate surface area is 95.0 Å². The van der Waals surface area contributed by atoms with Gasteiger partial charge < -0.3 is 4.57 Å². The maximum atomic E-state index is 8.89. The van der Waals surface area contributed by atoms with Gasteiger partial charge in [0, 0.05) is 18.9 Å². The van der Waals surface area contributed by atoms with Crippen molar-refractivity contribution in [1.29, 1.82) is 5.26 Å². The largest absolute Gasteiger partial charge is 0.329 e. The predicted molar refractivity (Wildman–Crippen MR) is 61.8 cm³/mol. The van der Waals surface area contributed by atoms with Crippen LogP contribution in [0.4, 0.5) is 0 Å². The first kappa shape index (κ1) is 10.4. The molecule has 0 fully saturated rings. The Bertz CT molecular complexity index is 493. The van der Waals surface area contributed by atoms with E-state index in [2.05, 4.69) is 23.2 Å². The number of imidazole rings is 1. The van der Waals surface area contributed by atoms with Crippen molar-refractivity contribution in [3.8, 4) is 6.07 Å². The van der Waals surface area contributed by atoms with Gasteiger partial charge >= 0.3 is 0 Å². The average Bonchev–Trinajstić information content (AvgIpc) is 2.77. The summed E-state index contributed by atoms with van der Waals surface area (Å²) >= 11 is 0. The number of rotatable bonds is 3. The van der Waals surface area contributed by atoms with Gasteiger partial charge in [0.1, 0.15) is 11.7 Å². The summed E-state index contributed by atoms with van der Waals surface area (Å²) in [6.07, 6.45) is 3.66. The van der Waals surface area contributed by atoms with Crippen LogP contribution in [0.25, 0.3) is 0 Å². The van der Waals surface area contributed by atoms with E-state index < -0.39 is 0 Å². The van der Waals surface area contributed by atoms with Gasteiger partial charge in [-0.2, -0.15) is 5.26 Å². The molecule has 0 saturated heterocycles. The van der Waals surface area contributed by atoms with E-state index in [1.807, 2.05) is 35.9 Å². The summed E-state index contributed by atoms with van der Waals surface area (Å²) < 4.78 is 2.02. The molecule has 1 atom stereocenters. The molecule has 3 nitrogen and oxygen atoms in total. The normalized spacial score (nSPS) is 12.0. The highest BCUT2D eigenvalue weighted by molar-refractivity contribution is 5.17. The molecular formula is C13H13N3. The molecule has 0 spiro atoms. The minimum Gasteiger partial charge on any atom is -0.329 e. The second-order valence-electron chi connectivity index (χ2n) is 3.75. The number of nitriles is 1. The molecule has 0 bridgehead atoms. The topological polar surface area (TPSA) is 41.6 Å². The number of hydrogen-bond acceptors (Lipinski definition) is 2. The van der Waals surface area contributed by atoms with E-state index in [-0.39, 0.29) is 5.92 Å². The number of benzene rings is 1. The third kappa shape index (κ3) is 2.12. The molecule has 0 radical (unpaired) electrons. The molecule has 1 unspecified atom stereocenters. The van der Waals surface area contributed by atoms with E-state index in [9.17, 15) is 0 Å². The van der Waals surface area contributed by atoms with Crippen molar-refractivity contribution in [3.63, 3.8) is 0 Å². The summed E-state index contributed by atoms with van der Waals surface area (Å²) in [6.45, 7) is 2.63. The highest BCUT2D eigenvalue weighted by atomic mass is 15.1. The van der Waals surface area contributed by atoms with Crippen molar-refractivity contribution in [3.05, 3.63) is 54.1 Å². The Morgan fingerprint density at radius 2 is 2.12 bits per heavy atom. The number of hydrogen-bond donors (Lipinski definition) is 0. The Morgan fingerprint density at radius 3 is 2.81 bits per heavy atom. The third-order valence-corrected chi connectivity index (χ3v) is 2.52. The summed E-state index contributed by atoms with van der Waals surface area (Å²) in [7, 11) is 0. The van der Waals surface area contributed by atoms with Crippen molar-refractivity contribution >= 4 is 0 Å². The Hall–Kier alpha value is -2.08. The van der Waals surface area contributed by atoms with Gasteiger partial charge in [0.25, 0.3) is 0 Å². The summed E-state index contributed by atoms with van der Waals surface area (Å²) in [5.74, 6) is 0.657. The monoisotopic (exact) mass is 211 g/mol. The fourth-order valence-electron chi connectivity index (χ4n) is 1.67. The molecule has 80 valence electrons. The smallest absolute Gasteiger partial charge is 0.126 e. The minimum atomic E-state index is -0.168. The van der Waals surface area contributed by atoms with Crippen molar-refractivity contribution in [2.45, 2.75) is 19.4 Å². The number of aromatic nitrogens is 2. The number of nitrogens with zero attached hydrogens (tertiary/aromatic N) is 3. The Morgan fingerprint density at radius 1 is 1.38 bits per heavy atom. The summed E-state index contributed by atoms with van der Waals surface area (Å²) in [5, 5.41) is 8.89. The van der Waals surface area contributed by atoms with E-state index >= 15 is 0 Å². The lowest BCUT2D eigenvalue weighted by molar-refractivity contribution is 0.704. The van der Waals surface area contributed by atoms with Crippen molar-refractivity contribution in [1.82, 2.24) is 9.55 Å². The second-order valence-corrected chi connectivity index (χ2v) is 3.75. The van der Waals surface area contributed by atoms with Gasteiger partial charge in [-0.25, -0.2) is 4.98 Å². The van der Waals surface area contributed by atoms with Crippen molar-refractivity contribution in [2.24, 2.45) is 0 Å². The lowest BCUT2D eigenvalue weighted by atomic mass is 10.2. The molecule has 2 rings (SSSR count). The van der Waals surface area contributed by atoms with E-state index in [1.54, 1.807) is 6.20 Å². The minimum absolute atomic E-state index is 0.168. The molecule has 0 N–H and O–H groups in total. The SMILES string of the molecule is CC(C#N)c1nccn1Cc1ccccc1. The fourth-order valence-corrected chi connectivity index (χ4v) is 1.67. The van der Waals surface area contributed by atoms with Gasteiger partial charge in [-0.05, 0) is 12.5 Å².